The summed E-state index contributed by atoms with van der Waals surface area (Å²) in [6.45, 7) is 2.83. The Hall–Kier alpha value is -3.44. The molecular weight excluding hydrogens is 398 g/mol. The fraction of sp³-hybridized carbons (Fsp3) is 0.391. The van der Waals surface area contributed by atoms with Crippen molar-refractivity contribution in [2.45, 2.75) is 32.2 Å². The van der Waals surface area contributed by atoms with Crippen molar-refractivity contribution in [3.63, 3.8) is 0 Å². The second-order valence-corrected chi connectivity index (χ2v) is 7.15. The molecule has 0 saturated heterocycles. The van der Waals surface area contributed by atoms with E-state index >= 15 is 0 Å². The number of hydrogen-bond acceptors (Lipinski definition) is 7. The number of ether oxygens (including phenoxy) is 4. The van der Waals surface area contributed by atoms with Crippen LogP contribution >= 0.6 is 0 Å². The van der Waals surface area contributed by atoms with Crippen LogP contribution in [0.2, 0.25) is 0 Å². The molecule has 8 nitrogen and oxygen atoms in total. The van der Waals surface area contributed by atoms with Crippen molar-refractivity contribution in [2.24, 2.45) is 5.73 Å². The molecule has 1 atom stereocenters. The third-order valence-corrected chi connectivity index (χ3v) is 5.33. The molecule has 1 aromatic carbocycles. The molecule has 1 aliphatic heterocycles. The van der Waals surface area contributed by atoms with E-state index in [1.54, 1.807) is 37.0 Å². The molecule has 0 fully saturated rings. The van der Waals surface area contributed by atoms with Crippen LogP contribution in [0.4, 0.5) is 0 Å². The summed E-state index contributed by atoms with van der Waals surface area (Å²) in [5, 5.41) is 9.83. The van der Waals surface area contributed by atoms with Gasteiger partial charge < -0.3 is 29.2 Å². The highest BCUT2D eigenvalue weighted by atomic mass is 16.5. The van der Waals surface area contributed by atoms with E-state index in [0.717, 1.165) is 12.1 Å². The summed E-state index contributed by atoms with van der Waals surface area (Å²) in [6, 6.07) is 9.25. The number of aryl methyl sites for hydroxylation is 1. The van der Waals surface area contributed by atoms with Crippen molar-refractivity contribution >= 4 is 0 Å². The monoisotopic (exact) mass is 425 g/mol. The predicted molar refractivity (Wildman–Crippen MR) is 115 cm³/mol. The maximum absolute atomic E-state index is 13.6. The van der Waals surface area contributed by atoms with E-state index < -0.39 is 5.92 Å². The Bertz CT molecular complexity index is 1100. The maximum atomic E-state index is 13.6. The van der Waals surface area contributed by atoms with E-state index in [1.807, 2.05) is 13.0 Å². The molecule has 0 amide bonds. The Labute approximate surface area is 181 Å². The maximum Gasteiger partial charge on any atom is 0.258 e. The number of methoxy groups -OCH3 is 3. The van der Waals surface area contributed by atoms with Crippen LogP contribution in [0.15, 0.2) is 40.5 Å². The lowest BCUT2D eigenvalue weighted by Crippen LogP contribution is -2.34. The van der Waals surface area contributed by atoms with Gasteiger partial charge in [-0.3, -0.25) is 4.79 Å². The van der Waals surface area contributed by atoms with Crippen LogP contribution in [0.1, 0.15) is 36.1 Å². The highest BCUT2D eigenvalue weighted by Gasteiger charge is 2.35. The molecule has 1 aliphatic rings. The summed E-state index contributed by atoms with van der Waals surface area (Å²) < 4.78 is 23.4. The van der Waals surface area contributed by atoms with Gasteiger partial charge >= 0.3 is 0 Å². The van der Waals surface area contributed by atoms with Crippen LogP contribution < -0.4 is 25.5 Å². The molecular formula is C23H27N3O5. The Kier molecular flexibility index (Phi) is 6.88. The molecule has 8 heteroatoms. The second-order valence-electron chi connectivity index (χ2n) is 7.15. The van der Waals surface area contributed by atoms with Gasteiger partial charge in [0, 0.05) is 25.4 Å². The van der Waals surface area contributed by atoms with Gasteiger partial charge in [-0.05, 0) is 24.1 Å². The molecule has 2 aromatic rings. The van der Waals surface area contributed by atoms with Crippen LogP contribution in [0.25, 0.3) is 0 Å². The SMILES string of the molecule is CCCc1cc2c(c(=O)n1CCOC)C(c1ccc(OC)c(OC)c1)C(C#N)=C(N)O2. The van der Waals surface area contributed by atoms with Crippen molar-refractivity contribution < 1.29 is 18.9 Å². The number of benzene rings is 1. The van der Waals surface area contributed by atoms with Crippen LogP contribution in [0.3, 0.4) is 0 Å². The first-order chi connectivity index (χ1) is 15.0. The Morgan fingerprint density at radius 2 is 1.94 bits per heavy atom. The lowest BCUT2D eigenvalue weighted by atomic mass is 9.83. The van der Waals surface area contributed by atoms with E-state index in [4.69, 9.17) is 24.7 Å². The Morgan fingerprint density at radius 1 is 1.19 bits per heavy atom. The Morgan fingerprint density at radius 3 is 2.55 bits per heavy atom. The third kappa shape index (κ3) is 4.09. The van der Waals surface area contributed by atoms with Gasteiger partial charge in [0.15, 0.2) is 11.5 Å². The third-order valence-electron chi connectivity index (χ3n) is 5.33. The predicted octanol–water partition coefficient (Wildman–Crippen LogP) is 2.68. The van der Waals surface area contributed by atoms with E-state index in [9.17, 15) is 10.1 Å². The van der Waals surface area contributed by atoms with Crippen molar-refractivity contribution in [1.29, 1.82) is 5.26 Å². The number of rotatable bonds is 8. The standard InChI is InChI=1S/C23H27N3O5/c1-5-6-15-12-19-21(23(27)26(15)9-10-28-2)20(16(13-24)22(25)31-19)14-7-8-17(29-3)18(11-14)30-4/h7-8,11-12,20H,5-6,9-10,25H2,1-4H3. The van der Waals surface area contributed by atoms with E-state index in [2.05, 4.69) is 6.07 Å². The van der Waals surface area contributed by atoms with E-state index in [0.29, 0.717) is 47.9 Å². The molecule has 3 rings (SSSR count). The topological polar surface area (TPSA) is 109 Å². The van der Waals surface area contributed by atoms with Gasteiger partial charge in [0.25, 0.3) is 5.56 Å². The lowest BCUT2D eigenvalue weighted by molar-refractivity contribution is 0.185. The molecule has 2 N–H and O–H groups in total. The second kappa shape index (κ2) is 9.58. The first-order valence-corrected chi connectivity index (χ1v) is 10.1. The number of aromatic nitrogens is 1. The molecule has 0 spiro atoms. The smallest absolute Gasteiger partial charge is 0.258 e. The highest BCUT2D eigenvalue weighted by Crippen LogP contribution is 2.42. The zero-order chi connectivity index (χ0) is 22.5. The minimum atomic E-state index is -0.689. The first kappa shape index (κ1) is 22.2. The van der Waals surface area contributed by atoms with Crippen LogP contribution in [-0.4, -0.2) is 32.5 Å². The number of hydrogen-bond donors (Lipinski definition) is 1. The van der Waals surface area contributed by atoms with Gasteiger partial charge in [0.2, 0.25) is 5.88 Å². The summed E-state index contributed by atoms with van der Waals surface area (Å²) in [5.74, 6) is 0.714. The van der Waals surface area contributed by atoms with Crippen molar-refractivity contribution in [3.05, 3.63) is 62.9 Å². The molecule has 2 heterocycles. The van der Waals surface area contributed by atoms with Gasteiger partial charge in [0.1, 0.15) is 17.4 Å². The first-order valence-electron chi connectivity index (χ1n) is 10.1. The zero-order valence-electron chi connectivity index (χ0n) is 18.2. The number of allylic oxidation sites excluding steroid dienone is 1. The molecule has 1 aromatic heterocycles. The van der Waals surface area contributed by atoms with Crippen molar-refractivity contribution in [2.75, 3.05) is 27.9 Å². The summed E-state index contributed by atoms with van der Waals surface area (Å²) in [6.07, 6.45) is 1.56. The van der Waals surface area contributed by atoms with Crippen molar-refractivity contribution in [3.8, 4) is 23.3 Å². The van der Waals surface area contributed by atoms with E-state index in [1.165, 1.54) is 7.11 Å². The van der Waals surface area contributed by atoms with Crippen LogP contribution in [0.5, 0.6) is 17.2 Å². The molecule has 0 bridgehead atoms. The van der Waals surface area contributed by atoms with Crippen molar-refractivity contribution in [1.82, 2.24) is 4.57 Å². The summed E-state index contributed by atoms with van der Waals surface area (Å²) in [4.78, 5) is 13.6. The number of nitrogens with two attached hydrogens (primary N) is 1. The molecule has 0 saturated carbocycles. The molecule has 0 radical (unpaired) electrons. The average molecular weight is 425 g/mol. The van der Waals surface area contributed by atoms with Crippen LogP contribution in [-0.2, 0) is 17.7 Å². The van der Waals surface area contributed by atoms with Crippen LogP contribution in [0, 0.1) is 11.3 Å². The number of nitriles is 1. The summed E-state index contributed by atoms with van der Waals surface area (Å²) in [5.41, 5.74) is 7.94. The van der Waals surface area contributed by atoms with Gasteiger partial charge in [-0.2, -0.15) is 5.26 Å². The number of fused-ring (bicyclic) bond motifs is 1. The van der Waals surface area contributed by atoms with Gasteiger partial charge in [-0.15, -0.1) is 0 Å². The Balaban J connectivity index is 2.28. The molecule has 0 aliphatic carbocycles. The van der Waals surface area contributed by atoms with Gasteiger partial charge in [0.05, 0.1) is 32.3 Å². The summed E-state index contributed by atoms with van der Waals surface area (Å²) >= 11 is 0. The average Bonchev–Trinajstić information content (AvgIpc) is 2.77. The summed E-state index contributed by atoms with van der Waals surface area (Å²) in [7, 11) is 4.67. The lowest BCUT2D eigenvalue weighted by Gasteiger charge is -2.28. The van der Waals surface area contributed by atoms with Gasteiger partial charge in [-0.1, -0.05) is 19.4 Å². The zero-order valence-corrected chi connectivity index (χ0v) is 18.2. The van der Waals surface area contributed by atoms with Gasteiger partial charge in [-0.25, -0.2) is 0 Å². The minimum absolute atomic E-state index is 0.00808. The number of nitrogens with zero attached hydrogens (tertiary/aromatic N) is 2. The molecule has 164 valence electrons. The largest absolute Gasteiger partial charge is 0.493 e. The molecule has 1 unspecified atom stereocenters. The molecule has 31 heavy (non-hydrogen) atoms. The quantitative estimate of drug-likeness (QED) is 0.692. The fourth-order valence-corrected chi connectivity index (χ4v) is 3.87. The fourth-order valence-electron chi connectivity index (χ4n) is 3.87. The van der Waals surface area contributed by atoms with E-state index in [-0.39, 0.29) is 17.0 Å². The minimum Gasteiger partial charge on any atom is -0.493 e. The normalized spacial score (nSPS) is 15.1. The highest BCUT2D eigenvalue weighted by molar-refractivity contribution is 5.57. The number of pyridine rings is 1.